The molecule has 0 aliphatic carbocycles. The van der Waals surface area contributed by atoms with Gasteiger partial charge in [0.25, 0.3) is 0 Å². The molecule has 0 bridgehead atoms. The second-order valence-electron chi connectivity index (χ2n) is 7.74. The normalized spacial score (nSPS) is 11.7. The van der Waals surface area contributed by atoms with Crippen LogP contribution in [0.2, 0.25) is 0 Å². The number of halogens is 1. The van der Waals surface area contributed by atoms with Crippen molar-refractivity contribution in [2.24, 2.45) is 0 Å². The number of hydrogen-bond acceptors (Lipinski definition) is 8. The van der Waals surface area contributed by atoms with Gasteiger partial charge in [-0.1, -0.05) is 25.2 Å². The van der Waals surface area contributed by atoms with Crippen molar-refractivity contribution in [3.63, 3.8) is 0 Å². The number of anilines is 1. The van der Waals surface area contributed by atoms with Gasteiger partial charge in [-0.25, -0.2) is 17.8 Å². The zero-order valence-corrected chi connectivity index (χ0v) is 21.9. The first-order valence-corrected chi connectivity index (χ1v) is 13.7. The molecule has 11 heteroatoms. The van der Waals surface area contributed by atoms with Gasteiger partial charge in [-0.05, 0) is 49.5 Å². The molecule has 1 heterocycles. The van der Waals surface area contributed by atoms with E-state index in [-0.39, 0.29) is 17.2 Å². The predicted molar refractivity (Wildman–Crippen MR) is 136 cm³/mol. The van der Waals surface area contributed by atoms with Gasteiger partial charge in [0.1, 0.15) is 27.5 Å². The molecule has 0 fully saturated rings. The highest BCUT2D eigenvalue weighted by atomic mass is 32.2. The number of amides is 1. The molecule has 2 aromatic carbocycles. The molecule has 0 spiro atoms. The first-order valence-electron chi connectivity index (χ1n) is 11.3. The highest BCUT2D eigenvalue weighted by Crippen LogP contribution is 2.40. The quantitative estimate of drug-likeness (QED) is 0.332. The minimum absolute atomic E-state index is 0.0177. The number of sulfone groups is 1. The van der Waals surface area contributed by atoms with Crippen LogP contribution in [-0.4, -0.2) is 70.4 Å². The highest BCUT2D eigenvalue weighted by molar-refractivity contribution is 7.91. The zero-order chi connectivity index (χ0) is 25.6. The average Bonchev–Trinajstić information content (AvgIpc) is 3.30. The lowest BCUT2D eigenvalue weighted by molar-refractivity contribution is -0.118. The summed E-state index contributed by atoms with van der Waals surface area (Å²) in [5, 5.41) is 0.444. The van der Waals surface area contributed by atoms with Crippen LogP contribution in [0.5, 0.6) is 11.5 Å². The summed E-state index contributed by atoms with van der Waals surface area (Å²) in [4.78, 5) is 21.7. The van der Waals surface area contributed by atoms with E-state index in [1.807, 2.05) is 13.8 Å². The number of ether oxygens (including phenoxy) is 2. The van der Waals surface area contributed by atoms with Gasteiger partial charge in [0, 0.05) is 19.5 Å². The van der Waals surface area contributed by atoms with E-state index in [1.165, 1.54) is 28.4 Å². The Kier molecular flexibility index (Phi) is 9.03. The third-order valence-corrected chi connectivity index (χ3v) is 8.55. The van der Waals surface area contributed by atoms with E-state index in [4.69, 9.17) is 9.47 Å². The molecule has 0 saturated carbocycles. The van der Waals surface area contributed by atoms with Crippen LogP contribution in [0.15, 0.2) is 41.3 Å². The fraction of sp³-hybridized carbons (Fsp3) is 0.417. The summed E-state index contributed by atoms with van der Waals surface area (Å²) in [6.45, 7) is 6.67. The van der Waals surface area contributed by atoms with Crippen molar-refractivity contribution in [2.75, 3.05) is 51.1 Å². The molecule has 3 aromatic rings. The SMILES string of the molecule is CCN(CC)CCN(C(=O)CCS(=O)(=O)c1ccc(F)cc1)c1nc2c(OC)ccc(OC)c2s1. The van der Waals surface area contributed by atoms with Crippen LogP contribution in [0.25, 0.3) is 10.2 Å². The van der Waals surface area contributed by atoms with Crippen molar-refractivity contribution in [3.05, 3.63) is 42.2 Å². The topological polar surface area (TPSA) is 89.0 Å². The number of thiazole rings is 1. The van der Waals surface area contributed by atoms with Crippen LogP contribution in [0.3, 0.4) is 0 Å². The number of fused-ring (bicyclic) bond motifs is 1. The van der Waals surface area contributed by atoms with E-state index < -0.39 is 21.4 Å². The van der Waals surface area contributed by atoms with Crippen molar-refractivity contribution in [1.29, 1.82) is 0 Å². The van der Waals surface area contributed by atoms with Crippen LogP contribution >= 0.6 is 11.3 Å². The van der Waals surface area contributed by atoms with Crippen LogP contribution in [0.4, 0.5) is 9.52 Å². The number of nitrogens with zero attached hydrogens (tertiary/aromatic N) is 3. The fourth-order valence-corrected chi connectivity index (χ4v) is 5.96. The lowest BCUT2D eigenvalue weighted by atomic mass is 10.3. The summed E-state index contributed by atoms with van der Waals surface area (Å²) in [5.41, 5.74) is 0.575. The van der Waals surface area contributed by atoms with E-state index in [0.717, 1.165) is 29.9 Å². The van der Waals surface area contributed by atoms with Crippen LogP contribution in [0, 0.1) is 5.82 Å². The first kappa shape index (κ1) is 26.8. The molecule has 1 aromatic heterocycles. The van der Waals surface area contributed by atoms with E-state index in [0.29, 0.717) is 35.2 Å². The molecular formula is C24H30FN3O5S2. The molecule has 0 radical (unpaired) electrons. The largest absolute Gasteiger partial charge is 0.495 e. The molecule has 0 aliphatic heterocycles. The number of rotatable bonds is 12. The minimum atomic E-state index is -3.76. The second-order valence-corrected chi connectivity index (χ2v) is 10.8. The third-order valence-electron chi connectivity index (χ3n) is 5.72. The Bertz CT molecular complexity index is 1220. The Balaban J connectivity index is 1.90. The number of carbonyl (C=O) groups is 1. The molecule has 0 saturated heterocycles. The Hall–Kier alpha value is -2.76. The van der Waals surface area contributed by atoms with E-state index >= 15 is 0 Å². The van der Waals surface area contributed by atoms with Gasteiger partial charge < -0.3 is 14.4 Å². The van der Waals surface area contributed by atoms with E-state index in [2.05, 4.69) is 9.88 Å². The van der Waals surface area contributed by atoms with Gasteiger partial charge in [0.15, 0.2) is 15.0 Å². The summed E-state index contributed by atoms with van der Waals surface area (Å²) in [6.07, 6.45) is -0.234. The number of carbonyl (C=O) groups excluding carboxylic acids is 1. The lowest BCUT2D eigenvalue weighted by Crippen LogP contribution is -2.39. The van der Waals surface area contributed by atoms with Crippen LogP contribution in [-0.2, 0) is 14.6 Å². The molecule has 8 nitrogen and oxygen atoms in total. The fourth-order valence-electron chi connectivity index (χ4n) is 3.61. The summed E-state index contributed by atoms with van der Waals surface area (Å²) in [6, 6.07) is 8.13. The smallest absolute Gasteiger partial charge is 0.229 e. The molecule has 3 rings (SSSR count). The number of methoxy groups -OCH3 is 2. The number of hydrogen-bond donors (Lipinski definition) is 0. The maximum Gasteiger partial charge on any atom is 0.229 e. The summed E-state index contributed by atoms with van der Waals surface area (Å²) in [7, 11) is -0.651. The minimum Gasteiger partial charge on any atom is -0.495 e. The van der Waals surface area contributed by atoms with Gasteiger partial charge in [0.05, 0.1) is 24.9 Å². The van der Waals surface area contributed by atoms with Crippen molar-refractivity contribution < 1.29 is 27.1 Å². The van der Waals surface area contributed by atoms with Crippen molar-refractivity contribution in [3.8, 4) is 11.5 Å². The summed E-state index contributed by atoms with van der Waals surface area (Å²) >= 11 is 1.29. The Morgan fingerprint density at radius 1 is 1.00 bits per heavy atom. The molecule has 0 atom stereocenters. The Morgan fingerprint density at radius 3 is 2.23 bits per heavy atom. The Morgan fingerprint density at radius 2 is 1.63 bits per heavy atom. The third kappa shape index (κ3) is 6.28. The maximum absolute atomic E-state index is 13.3. The molecule has 0 N–H and O–H groups in total. The average molecular weight is 524 g/mol. The van der Waals surface area contributed by atoms with Gasteiger partial charge in [-0.2, -0.15) is 0 Å². The first-order chi connectivity index (χ1) is 16.7. The monoisotopic (exact) mass is 523 g/mol. The van der Waals surface area contributed by atoms with Gasteiger partial charge in [-0.3, -0.25) is 9.69 Å². The van der Waals surface area contributed by atoms with Crippen LogP contribution in [0.1, 0.15) is 20.3 Å². The molecule has 1 amide bonds. The molecule has 35 heavy (non-hydrogen) atoms. The van der Waals surface area contributed by atoms with Crippen LogP contribution < -0.4 is 14.4 Å². The van der Waals surface area contributed by atoms with E-state index in [9.17, 15) is 17.6 Å². The van der Waals surface area contributed by atoms with Gasteiger partial charge >= 0.3 is 0 Å². The second kappa shape index (κ2) is 11.8. The van der Waals surface area contributed by atoms with Gasteiger partial charge in [-0.15, -0.1) is 0 Å². The summed E-state index contributed by atoms with van der Waals surface area (Å²) < 4.78 is 50.3. The maximum atomic E-state index is 13.3. The summed E-state index contributed by atoms with van der Waals surface area (Å²) in [5.74, 6) is -0.112. The zero-order valence-electron chi connectivity index (χ0n) is 20.3. The molecule has 0 aliphatic rings. The molecule has 0 unspecified atom stereocenters. The van der Waals surface area contributed by atoms with Crippen molar-refractivity contribution >= 4 is 42.4 Å². The lowest BCUT2D eigenvalue weighted by Gasteiger charge is -2.24. The predicted octanol–water partition coefficient (Wildman–Crippen LogP) is 3.99. The van der Waals surface area contributed by atoms with Crippen molar-refractivity contribution in [2.45, 2.75) is 25.2 Å². The molecular weight excluding hydrogens is 493 g/mol. The van der Waals surface area contributed by atoms with Crippen molar-refractivity contribution in [1.82, 2.24) is 9.88 Å². The number of likely N-dealkylation sites (N-methyl/N-ethyl adjacent to an activating group) is 1. The standard InChI is InChI=1S/C24H30FN3O5S2/c1-5-27(6-2)14-15-28(21(29)13-16-35(30,31)18-9-7-17(25)8-10-18)24-26-22-19(32-3)11-12-20(33-4)23(22)34-24/h7-12H,5-6,13-16H2,1-4H3. The number of benzene rings is 2. The van der Waals surface area contributed by atoms with E-state index in [1.54, 1.807) is 26.4 Å². The number of aromatic nitrogens is 1. The van der Waals surface area contributed by atoms with Gasteiger partial charge in [0.2, 0.25) is 5.91 Å². The Labute approximate surface area is 209 Å². The molecule has 190 valence electrons. The highest BCUT2D eigenvalue weighted by Gasteiger charge is 2.25.